The molecule has 2 fully saturated rings. The van der Waals surface area contributed by atoms with Gasteiger partial charge >= 0.3 is 5.69 Å². The molecule has 2 aromatic heterocycles. The van der Waals surface area contributed by atoms with E-state index in [1.165, 1.54) is 11.6 Å². The maximum atomic E-state index is 13.4. The first-order chi connectivity index (χ1) is 17.3. The summed E-state index contributed by atoms with van der Waals surface area (Å²) in [5.41, 5.74) is 0.810. The third kappa shape index (κ3) is 4.58. The summed E-state index contributed by atoms with van der Waals surface area (Å²) >= 11 is 2.15. The van der Waals surface area contributed by atoms with Crippen molar-refractivity contribution in [3.8, 4) is 0 Å². The Hall–Kier alpha value is -3.02. The molecule has 5 rings (SSSR count). The first kappa shape index (κ1) is 24.7. The number of fused-ring (bicyclic) bond motifs is 1. The summed E-state index contributed by atoms with van der Waals surface area (Å²) in [6, 6.07) is 8.88. The van der Waals surface area contributed by atoms with Gasteiger partial charge in [0.1, 0.15) is 5.65 Å². The van der Waals surface area contributed by atoms with Crippen LogP contribution in [-0.4, -0.2) is 61.9 Å². The van der Waals surface area contributed by atoms with Crippen molar-refractivity contribution >= 4 is 45.4 Å². The van der Waals surface area contributed by atoms with E-state index >= 15 is 0 Å². The summed E-state index contributed by atoms with van der Waals surface area (Å²) < 4.78 is 3.36. The van der Waals surface area contributed by atoms with Gasteiger partial charge in [-0.15, -0.1) is 0 Å². The summed E-state index contributed by atoms with van der Waals surface area (Å²) in [5.74, 6) is 0.307. The summed E-state index contributed by atoms with van der Waals surface area (Å²) in [5, 5.41) is 0.367. The van der Waals surface area contributed by atoms with Crippen molar-refractivity contribution in [2.24, 2.45) is 13.0 Å². The summed E-state index contributed by atoms with van der Waals surface area (Å²) in [6.07, 6.45) is 5.76. The van der Waals surface area contributed by atoms with Crippen molar-refractivity contribution in [2.45, 2.75) is 32.2 Å². The Morgan fingerprint density at radius 3 is 2.44 bits per heavy atom. The number of aromatic nitrogens is 3. The van der Waals surface area contributed by atoms with E-state index in [4.69, 9.17) is 0 Å². The maximum absolute atomic E-state index is 13.4. The molecule has 36 heavy (non-hydrogen) atoms. The fraction of sp³-hybridized carbons (Fsp3) is 0.423. The molecule has 188 valence electrons. The van der Waals surface area contributed by atoms with Crippen molar-refractivity contribution in [3.05, 3.63) is 72.1 Å². The summed E-state index contributed by atoms with van der Waals surface area (Å²) in [6.45, 7) is 2.31. The number of amides is 2. The number of rotatable bonds is 4. The number of halogens is 1. The highest BCUT2D eigenvalue weighted by Crippen LogP contribution is 2.27. The van der Waals surface area contributed by atoms with E-state index < -0.39 is 5.69 Å². The molecule has 10 heteroatoms. The monoisotopic (exact) mass is 601 g/mol. The average Bonchev–Trinajstić information content (AvgIpc) is 3.45. The highest BCUT2D eigenvalue weighted by molar-refractivity contribution is 14.1. The molecule has 0 unspecified atom stereocenters. The number of piperazine rings is 1. The lowest BCUT2D eigenvalue weighted by molar-refractivity contribution is -0.136. The molecule has 1 aliphatic heterocycles. The first-order valence-corrected chi connectivity index (χ1v) is 13.3. The normalized spacial score (nSPS) is 16.6. The van der Waals surface area contributed by atoms with Gasteiger partial charge in [-0.3, -0.25) is 23.5 Å². The van der Waals surface area contributed by atoms with Gasteiger partial charge in [0.25, 0.3) is 11.5 Å². The van der Waals surface area contributed by atoms with Crippen LogP contribution in [0.1, 0.15) is 41.6 Å². The maximum Gasteiger partial charge on any atom is 0.332 e. The molecule has 3 aromatic rings. The second kappa shape index (κ2) is 10.2. The van der Waals surface area contributed by atoms with E-state index in [1.54, 1.807) is 23.2 Å². The van der Waals surface area contributed by atoms with E-state index in [1.807, 2.05) is 23.1 Å². The lowest BCUT2D eigenvalue weighted by Gasteiger charge is -2.36. The molecule has 1 saturated carbocycles. The van der Waals surface area contributed by atoms with Gasteiger partial charge in [0, 0.05) is 48.9 Å². The quantitative estimate of drug-likeness (QED) is 0.428. The van der Waals surface area contributed by atoms with Gasteiger partial charge < -0.3 is 9.80 Å². The molecule has 9 nitrogen and oxygen atoms in total. The minimum absolute atomic E-state index is 0.0787. The smallest absolute Gasteiger partial charge is 0.332 e. The van der Waals surface area contributed by atoms with Crippen LogP contribution in [0.2, 0.25) is 0 Å². The predicted octanol–water partition coefficient (Wildman–Crippen LogP) is 2.22. The van der Waals surface area contributed by atoms with Gasteiger partial charge in [-0.25, -0.2) is 9.78 Å². The van der Waals surface area contributed by atoms with Crippen LogP contribution in [0.25, 0.3) is 11.0 Å². The van der Waals surface area contributed by atoms with Crippen LogP contribution in [0.15, 0.2) is 46.1 Å². The summed E-state index contributed by atoms with van der Waals surface area (Å²) in [7, 11) is 1.45. The molecule has 0 bridgehead atoms. The molecule has 1 saturated heterocycles. The highest BCUT2D eigenvalue weighted by atomic mass is 127. The van der Waals surface area contributed by atoms with Crippen molar-refractivity contribution < 1.29 is 9.59 Å². The van der Waals surface area contributed by atoms with Crippen molar-refractivity contribution in [2.75, 3.05) is 26.2 Å². The Bertz CT molecular complexity index is 1450. The Balaban J connectivity index is 1.36. The molecule has 0 atom stereocenters. The molecule has 2 aliphatic rings. The highest BCUT2D eigenvalue weighted by Gasteiger charge is 2.31. The standard InChI is InChI=1S/C26H28IN5O4/c1-29-24(34)19-7-4-10-28-22(19)32(26(29)36)16-17-8-9-21(27)20(15-17)25(35)31-13-11-30(12-14-31)23(33)18-5-2-3-6-18/h4,7-10,15,18H,2-3,5-6,11-14,16H2,1H3. The molecule has 0 radical (unpaired) electrons. The van der Waals surface area contributed by atoms with Crippen LogP contribution < -0.4 is 11.2 Å². The number of benzene rings is 1. The topological polar surface area (TPSA) is 97.5 Å². The average molecular weight is 601 g/mol. The fourth-order valence-electron chi connectivity index (χ4n) is 5.21. The fourth-order valence-corrected chi connectivity index (χ4v) is 5.78. The number of hydrogen-bond donors (Lipinski definition) is 0. The lowest BCUT2D eigenvalue weighted by Crippen LogP contribution is -2.51. The van der Waals surface area contributed by atoms with Crippen molar-refractivity contribution in [1.82, 2.24) is 23.9 Å². The Morgan fingerprint density at radius 2 is 1.72 bits per heavy atom. The Labute approximate surface area is 221 Å². The number of carbonyl (C=O) groups excluding carboxylic acids is 2. The molecule has 3 heterocycles. The van der Waals surface area contributed by atoms with E-state index in [0.29, 0.717) is 42.8 Å². The molecule has 2 amide bonds. The zero-order chi connectivity index (χ0) is 25.4. The molecule has 0 spiro atoms. The third-order valence-electron chi connectivity index (χ3n) is 7.28. The van der Waals surface area contributed by atoms with Crippen LogP contribution in [0, 0.1) is 9.49 Å². The molecular weight excluding hydrogens is 573 g/mol. The first-order valence-electron chi connectivity index (χ1n) is 12.3. The van der Waals surface area contributed by atoms with Crippen molar-refractivity contribution in [1.29, 1.82) is 0 Å². The van der Waals surface area contributed by atoms with E-state index in [2.05, 4.69) is 27.6 Å². The Morgan fingerprint density at radius 1 is 1.03 bits per heavy atom. The van der Waals surface area contributed by atoms with Crippen LogP contribution in [0.4, 0.5) is 0 Å². The third-order valence-corrected chi connectivity index (χ3v) is 8.22. The number of pyridine rings is 1. The van der Waals surface area contributed by atoms with Gasteiger partial charge in [0.15, 0.2) is 0 Å². The van der Waals surface area contributed by atoms with Crippen LogP contribution >= 0.6 is 22.6 Å². The number of carbonyl (C=O) groups is 2. The summed E-state index contributed by atoms with van der Waals surface area (Å²) in [4.78, 5) is 59.6. The van der Waals surface area contributed by atoms with Crippen LogP contribution in [0.3, 0.4) is 0 Å². The number of hydrogen-bond acceptors (Lipinski definition) is 5. The second-order valence-electron chi connectivity index (χ2n) is 9.52. The van der Waals surface area contributed by atoms with Crippen molar-refractivity contribution in [3.63, 3.8) is 0 Å². The van der Waals surface area contributed by atoms with Gasteiger partial charge in [-0.1, -0.05) is 18.9 Å². The molecule has 1 aliphatic carbocycles. The zero-order valence-corrected chi connectivity index (χ0v) is 22.3. The minimum atomic E-state index is -0.458. The minimum Gasteiger partial charge on any atom is -0.339 e. The van der Waals surface area contributed by atoms with E-state index in [0.717, 1.165) is 39.4 Å². The largest absolute Gasteiger partial charge is 0.339 e. The Kier molecular flexibility index (Phi) is 6.96. The van der Waals surface area contributed by atoms with E-state index in [-0.39, 0.29) is 29.8 Å². The molecule has 1 aromatic carbocycles. The predicted molar refractivity (Wildman–Crippen MR) is 144 cm³/mol. The zero-order valence-electron chi connectivity index (χ0n) is 20.2. The van der Waals surface area contributed by atoms with Crippen LogP contribution in [0.5, 0.6) is 0 Å². The molecular formula is C26H28IN5O4. The lowest BCUT2D eigenvalue weighted by atomic mass is 10.1. The van der Waals surface area contributed by atoms with Gasteiger partial charge in [-0.2, -0.15) is 0 Å². The van der Waals surface area contributed by atoms with Gasteiger partial charge in [-0.05, 0) is 65.3 Å². The van der Waals surface area contributed by atoms with Gasteiger partial charge in [0.2, 0.25) is 5.91 Å². The van der Waals surface area contributed by atoms with E-state index in [9.17, 15) is 19.2 Å². The number of nitrogens with zero attached hydrogens (tertiary/aromatic N) is 5. The molecule has 0 N–H and O–H groups in total. The van der Waals surface area contributed by atoms with Gasteiger partial charge in [0.05, 0.1) is 17.5 Å². The van der Waals surface area contributed by atoms with Crippen LogP contribution in [-0.2, 0) is 18.4 Å². The SMILES string of the molecule is Cn1c(=O)c2cccnc2n(Cc2ccc(I)c(C(=O)N3CCN(C(=O)C4CCCC4)CC3)c2)c1=O. The second-order valence-corrected chi connectivity index (χ2v) is 10.7.